The van der Waals surface area contributed by atoms with Crippen LogP contribution < -0.4 is 11.3 Å². The fourth-order valence-electron chi connectivity index (χ4n) is 2.35. The number of aryl methyl sites for hydroxylation is 2. The summed E-state index contributed by atoms with van der Waals surface area (Å²) in [4.78, 5) is 0. The number of nitrogens with one attached hydrogen (secondary N) is 1. The molecule has 0 fully saturated rings. The van der Waals surface area contributed by atoms with Crippen LogP contribution in [0.25, 0.3) is 0 Å². The molecule has 2 aromatic carbocycles. The van der Waals surface area contributed by atoms with Crippen molar-refractivity contribution in [3.8, 4) is 0 Å². The first-order valence-corrected chi connectivity index (χ1v) is 6.90. The van der Waals surface area contributed by atoms with Crippen molar-refractivity contribution < 1.29 is 8.78 Å². The maximum absolute atomic E-state index is 14.1. The molecule has 2 nitrogen and oxygen atoms in total. The second kappa shape index (κ2) is 5.99. The lowest BCUT2D eigenvalue weighted by atomic mass is 9.95. The third-order valence-electron chi connectivity index (χ3n) is 3.08. The maximum Gasteiger partial charge on any atom is 0.132 e. The SMILES string of the molecule is Cc1cc(C)cc(C(NN)c2c(F)cc(Br)cc2F)c1. The molecule has 106 valence electrons. The predicted octanol–water partition coefficient (Wildman–Crippen LogP) is 3.90. The lowest BCUT2D eigenvalue weighted by Crippen LogP contribution is -2.30. The average molecular weight is 341 g/mol. The van der Waals surface area contributed by atoms with Crippen LogP contribution in [0.4, 0.5) is 8.78 Å². The zero-order chi connectivity index (χ0) is 14.9. The quantitative estimate of drug-likeness (QED) is 0.656. The summed E-state index contributed by atoms with van der Waals surface area (Å²) in [6.07, 6.45) is 0. The van der Waals surface area contributed by atoms with Crippen LogP contribution in [-0.4, -0.2) is 0 Å². The topological polar surface area (TPSA) is 38.0 Å². The highest BCUT2D eigenvalue weighted by molar-refractivity contribution is 9.10. The van der Waals surface area contributed by atoms with Gasteiger partial charge in [-0.25, -0.2) is 14.2 Å². The number of hydrogen-bond donors (Lipinski definition) is 2. The van der Waals surface area contributed by atoms with E-state index in [1.54, 1.807) is 0 Å². The summed E-state index contributed by atoms with van der Waals surface area (Å²) in [6, 6.07) is 7.43. The fraction of sp³-hybridized carbons (Fsp3) is 0.200. The van der Waals surface area contributed by atoms with Crippen molar-refractivity contribution in [2.45, 2.75) is 19.9 Å². The Bertz CT molecular complexity index is 601. The summed E-state index contributed by atoms with van der Waals surface area (Å²) >= 11 is 3.07. The molecular weight excluding hydrogens is 326 g/mol. The molecular formula is C15H15BrF2N2. The minimum Gasteiger partial charge on any atom is -0.271 e. The smallest absolute Gasteiger partial charge is 0.132 e. The van der Waals surface area contributed by atoms with Crippen molar-refractivity contribution in [2.75, 3.05) is 0 Å². The molecule has 0 aliphatic heterocycles. The van der Waals surface area contributed by atoms with Crippen molar-refractivity contribution in [3.63, 3.8) is 0 Å². The number of hydrogen-bond acceptors (Lipinski definition) is 2. The van der Waals surface area contributed by atoms with Gasteiger partial charge >= 0.3 is 0 Å². The van der Waals surface area contributed by atoms with E-state index in [-0.39, 0.29) is 5.56 Å². The molecule has 0 aliphatic carbocycles. The first-order chi connectivity index (χ1) is 9.42. The monoisotopic (exact) mass is 340 g/mol. The highest BCUT2D eigenvalue weighted by atomic mass is 79.9. The molecule has 2 rings (SSSR count). The molecule has 0 saturated carbocycles. The summed E-state index contributed by atoms with van der Waals surface area (Å²) in [6.45, 7) is 3.86. The van der Waals surface area contributed by atoms with E-state index in [2.05, 4.69) is 21.4 Å². The van der Waals surface area contributed by atoms with Crippen molar-refractivity contribution in [2.24, 2.45) is 5.84 Å². The standard InChI is InChI=1S/C15H15BrF2N2/c1-8-3-9(2)5-10(4-8)15(20-19)14-12(17)6-11(16)7-13(14)18/h3-7,15,20H,19H2,1-2H3. The molecule has 1 atom stereocenters. The van der Waals surface area contributed by atoms with Crippen molar-refractivity contribution in [1.82, 2.24) is 5.43 Å². The van der Waals surface area contributed by atoms with Crippen LogP contribution in [0.3, 0.4) is 0 Å². The predicted molar refractivity (Wildman–Crippen MR) is 79.1 cm³/mol. The first-order valence-electron chi connectivity index (χ1n) is 6.11. The second-order valence-electron chi connectivity index (χ2n) is 4.80. The molecule has 0 spiro atoms. The Morgan fingerprint density at radius 2 is 1.50 bits per heavy atom. The number of nitrogens with two attached hydrogens (primary N) is 1. The molecule has 0 saturated heterocycles. The van der Waals surface area contributed by atoms with Gasteiger partial charge in [0.05, 0.1) is 6.04 Å². The Morgan fingerprint density at radius 1 is 1.00 bits per heavy atom. The Kier molecular flexibility index (Phi) is 4.52. The van der Waals surface area contributed by atoms with E-state index in [0.29, 0.717) is 4.47 Å². The van der Waals surface area contributed by atoms with Crippen molar-refractivity contribution >= 4 is 15.9 Å². The lowest BCUT2D eigenvalue weighted by molar-refractivity contribution is 0.509. The van der Waals surface area contributed by atoms with Crippen LogP contribution in [0.15, 0.2) is 34.8 Å². The van der Waals surface area contributed by atoms with Crippen LogP contribution in [-0.2, 0) is 0 Å². The summed E-state index contributed by atoms with van der Waals surface area (Å²) in [5.41, 5.74) is 5.16. The highest BCUT2D eigenvalue weighted by Crippen LogP contribution is 2.29. The van der Waals surface area contributed by atoms with Gasteiger partial charge in [-0.2, -0.15) is 0 Å². The minimum absolute atomic E-state index is 0.0827. The molecule has 1 unspecified atom stereocenters. The van der Waals surface area contributed by atoms with E-state index in [4.69, 9.17) is 5.84 Å². The van der Waals surface area contributed by atoms with Gasteiger partial charge in [-0.3, -0.25) is 5.84 Å². The highest BCUT2D eigenvalue weighted by Gasteiger charge is 2.22. The number of halogens is 3. The minimum atomic E-state index is -0.735. The Morgan fingerprint density at radius 3 is 1.95 bits per heavy atom. The van der Waals surface area contributed by atoms with Gasteiger partial charge in [-0.1, -0.05) is 45.3 Å². The van der Waals surface area contributed by atoms with E-state index >= 15 is 0 Å². The first kappa shape index (κ1) is 15.1. The van der Waals surface area contributed by atoms with Crippen molar-refractivity contribution in [1.29, 1.82) is 0 Å². The molecule has 3 N–H and O–H groups in total. The molecule has 0 heterocycles. The average Bonchev–Trinajstić information content (AvgIpc) is 2.32. The molecule has 5 heteroatoms. The van der Waals surface area contributed by atoms with E-state index < -0.39 is 17.7 Å². The molecule has 0 aromatic heterocycles. The van der Waals surface area contributed by atoms with Gasteiger partial charge in [-0.15, -0.1) is 0 Å². The van der Waals surface area contributed by atoms with Gasteiger partial charge in [-0.05, 0) is 31.5 Å². The normalized spacial score (nSPS) is 12.5. The zero-order valence-electron chi connectivity index (χ0n) is 11.2. The Balaban J connectivity index is 2.58. The van der Waals surface area contributed by atoms with Crippen LogP contribution in [0.2, 0.25) is 0 Å². The zero-order valence-corrected chi connectivity index (χ0v) is 12.8. The largest absolute Gasteiger partial charge is 0.271 e. The lowest BCUT2D eigenvalue weighted by Gasteiger charge is -2.19. The van der Waals surface area contributed by atoms with Gasteiger partial charge in [0.1, 0.15) is 11.6 Å². The van der Waals surface area contributed by atoms with Gasteiger partial charge in [0.2, 0.25) is 0 Å². The van der Waals surface area contributed by atoms with Crippen LogP contribution in [0.1, 0.15) is 28.3 Å². The van der Waals surface area contributed by atoms with Gasteiger partial charge in [0.15, 0.2) is 0 Å². The summed E-state index contributed by atoms with van der Waals surface area (Å²) in [5, 5.41) is 0. The molecule has 0 radical (unpaired) electrons. The maximum atomic E-state index is 14.1. The Labute approximate surface area is 125 Å². The van der Waals surface area contributed by atoms with E-state index in [9.17, 15) is 8.78 Å². The summed E-state index contributed by atoms with van der Waals surface area (Å²) in [5.74, 6) is 4.24. The van der Waals surface area contributed by atoms with Gasteiger partial charge in [0, 0.05) is 10.0 Å². The van der Waals surface area contributed by atoms with Crippen LogP contribution in [0, 0.1) is 25.5 Å². The van der Waals surface area contributed by atoms with Gasteiger partial charge < -0.3 is 0 Å². The third kappa shape index (κ3) is 3.06. The van der Waals surface area contributed by atoms with Crippen molar-refractivity contribution in [3.05, 3.63) is 68.7 Å². The molecule has 20 heavy (non-hydrogen) atoms. The fourth-order valence-corrected chi connectivity index (χ4v) is 2.75. The molecule has 2 aromatic rings. The van der Waals surface area contributed by atoms with E-state index in [1.165, 1.54) is 12.1 Å². The summed E-state index contributed by atoms with van der Waals surface area (Å²) in [7, 11) is 0. The van der Waals surface area contributed by atoms with Gasteiger partial charge in [0.25, 0.3) is 0 Å². The van der Waals surface area contributed by atoms with E-state index in [1.807, 2.05) is 32.0 Å². The number of benzene rings is 2. The van der Waals surface area contributed by atoms with Crippen LogP contribution in [0.5, 0.6) is 0 Å². The Hall–Kier alpha value is -1.30. The number of rotatable bonds is 3. The summed E-state index contributed by atoms with van der Waals surface area (Å²) < 4.78 is 28.5. The molecule has 0 aliphatic rings. The third-order valence-corrected chi connectivity index (χ3v) is 3.53. The number of hydrazine groups is 1. The van der Waals surface area contributed by atoms with Crippen LogP contribution >= 0.6 is 15.9 Å². The molecule has 0 bridgehead atoms. The molecule has 0 amide bonds. The van der Waals surface area contributed by atoms with E-state index in [0.717, 1.165) is 16.7 Å². The second-order valence-corrected chi connectivity index (χ2v) is 5.72.